The zero-order valence-corrected chi connectivity index (χ0v) is 18.6. The Bertz CT molecular complexity index is 1160. The first-order valence-electron chi connectivity index (χ1n) is 9.58. The van der Waals surface area contributed by atoms with Gasteiger partial charge in [-0.2, -0.15) is 0 Å². The minimum atomic E-state index is -0.538. The lowest BCUT2D eigenvalue weighted by Gasteiger charge is -2.27. The van der Waals surface area contributed by atoms with Gasteiger partial charge in [0.25, 0.3) is 11.8 Å². The summed E-state index contributed by atoms with van der Waals surface area (Å²) >= 11 is 5.09. The second-order valence-electron chi connectivity index (χ2n) is 7.12. The van der Waals surface area contributed by atoms with Gasteiger partial charge in [0.1, 0.15) is 5.57 Å². The van der Waals surface area contributed by atoms with Crippen LogP contribution in [0.1, 0.15) is 32.9 Å². The standard InChI is InChI=1S/C23H23N3O4S/c1-6-10-25-21(28)18(20(27)24-23(25)31)12-16-11-13(2)26(15(16)4)19-9-7-8-17(14(19)3)22(29)30-5/h6-9,11-12H,1,10H2,2-5H3,(H,24,27,31)/b18-12-. The highest BCUT2D eigenvalue weighted by atomic mass is 32.1. The highest BCUT2D eigenvalue weighted by Crippen LogP contribution is 2.27. The molecule has 1 saturated heterocycles. The van der Waals surface area contributed by atoms with Crippen LogP contribution in [-0.2, 0) is 14.3 Å². The summed E-state index contributed by atoms with van der Waals surface area (Å²) in [6.07, 6.45) is 3.11. The number of benzene rings is 1. The average Bonchev–Trinajstić information content (AvgIpc) is 3.01. The quantitative estimate of drug-likeness (QED) is 0.256. The molecule has 3 rings (SSSR count). The Labute approximate surface area is 186 Å². The molecule has 160 valence electrons. The number of nitrogens with zero attached hydrogens (tertiary/aromatic N) is 2. The van der Waals surface area contributed by atoms with E-state index in [9.17, 15) is 14.4 Å². The van der Waals surface area contributed by atoms with E-state index in [0.717, 1.165) is 22.6 Å². The summed E-state index contributed by atoms with van der Waals surface area (Å²) in [5, 5.41) is 2.61. The fourth-order valence-electron chi connectivity index (χ4n) is 3.65. The molecule has 1 aromatic carbocycles. The van der Waals surface area contributed by atoms with E-state index in [-0.39, 0.29) is 17.2 Å². The minimum Gasteiger partial charge on any atom is -0.465 e. The smallest absolute Gasteiger partial charge is 0.338 e. The number of carbonyl (C=O) groups is 3. The van der Waals surface area contributed by atoms with Crippen molar-refractivity contribution < 1.29 is 19.1 Å². The van der Waals surface area contributed by atoms with Crippen molar-refractivity contribution in [1.82, 2.24) is 14.8 Å². The number of amides is 2. The van der Waals surface area contributed by atoms with E-state index < -0.39 is 17.8 Å². The molecular formula is C23H23N3O4S. The Balaban J connectivity index is 2.10. The fraction of sp³-hybridized carbons (Fsp3) is 0.217. The third-order valence-electron chi connectivity index (χ3n) is 5.22. The average molecular weight is 438 g/mol. The molecule has 2 amide bonds. The zero-order valence-electron chi connectivity index (χ0n) is 17.8. The van der Waals surface area contributed by atoms with E-state index in [1.165, 1.54) is 12.0 Å². The summed E-state index contributed by atoms with van der Waals surface area (Å²) in [6.45, 7) is 9.49. The SMILES string of the molecule is C=CCN1C(=O)/C(=C\c2cc(C)n(-c3cccc(C(=O)OC)c3C)c2C)C(=O)NC1=S. The van der Waals surface area contributed by atoms with Crippen molar-refractivity contribution in [3.63, 3.8) is 0 Å². The van der Waals surface area contributed by atoms with Crippen LogP contribution in [0.5, 0.6) is 0 Å². The molecular weight excluding hydrogens is 414 g/mol. The topological polar surface area (TPSA) is 80.6 Å². The van der Waals surface area contributed by atoms with E-state index in [1.54, 1.807) is 24.3 Å². The van der Waals surface area contributed by atoms with Gasteiger partial charge in [0.05, 0.1) is 12.7 Å². The Morgan fingerprint density at radius 1 is 1.26 bits per heavy atom. The predicted octanol–water partition coefficient (Wildman–Crippen LogP) is 3.00. The lowest BCUT2D eigenvalue weighted by atomic mass is 10.1. The number of thiocarbonyl (C=S) groups is 1. The molecule has 31 heavy (non-hydrogen) atoms. The van der Waals surface area contributed by atoms with Crippen molar-refractivity contribution in [2.45, 2.75) is 20.8 Å². The molecule has 0 atom stereocenters. The fourth-order valence-corrected chi connectivity index (χ4v) is 3.90. The summed E-state index contributed by atoms with van der Waals surface area (Å²) in [5.41, 5.74) is 4.47. The monoisotopic (exact) mass is 437 g/mol. The number of nitrogens with one attached hydrogen (secondary N) is 1. The van der Waals surface area contributed by atoms with Crippen molar-refractivity contribution in [3.05, 3.63) is 70.6 Å². The molecule has 1 N–H and O–H groups in total. The van der Waals surface area contributed by atoms with Gasteiger partial charge in [-0.1, -0.05) is 12.1 Å². The number of aromatic nitrogens is 1. The number of hydrogen-bond acceptors (Lipinski definition) is 5. The largest absolute Gasteiger partial charge is 0.465 e. The second kappa shape index (κ2) is 8.69. The molecule has 1 aliphatic heterocycles. The summed E-state index contributed by atoms with van der Waals surface area (Å²) in [7, 11) is 1.35. The maximum absolute atomic E-state index is 12.8. The van der Waals surface area contributed by atoms with E-state index in [2.05, 4.69) is 11.9 Å². The zero-order chi connectivity index (χ0) is 22.9. The molecule has 0 aliphatic carbocycles. The maximum Gasteiger partial charge on any atom is 0.338 e. The van der Waals surface area contributed by atoms with E-state index in [4.69, 9.17) is 17.0 Å². The molecule has 0 spiro atoms. The summed E-state index contributed by atoms with van der Waals surface area (Å²) in [5.74, 6) is -1.42. The van der Waals surface area contributed by atoms with Gasteiger partial charge < -0.3 is 9.30 Å². The highest BCUT2D eigenvalue weighted by Gasteiger charge is 2.33. The first kappa shape index (κ1) is 22.2. The Morgan fingerprint density at radius 2 is 1.97 bits per heavy atom. The number of carbonyl (C=O) groups excluding carboxylic acids is 3. The highest BCUT2D eigenvalue weighted by molar-refractivity contribution is 7.80. The molecule has 0 bridgehead atoms. The summed E-state index contributed by atoms with van der Waals surface area (Å²) < 4.78 is 6.85. The number of hydrogen-bond donors (Lipinski definition) is 1. The van der Waals surface area contributed by atoms with Crippen LogP contribution in [0.2, 0.25) is 0 Å². The van der Waals surface area contributed by atoms with E-state index in [1.807, 2.05) is 37.5 Å². The molecule has 1 aromatic heterocycles. The van der Waals surface area contributed by atoms with Gasteiger partial charge in [0.2, 0.25) is 0 Å². The number of ether oxygens (including phenoxy) is 1. The van der Waals surface area contributed by atoms with Gasteiger partial charge in [-0.25, -0.2) is 4.79 Å². The van der Waals surface area contributed by atoms with Crippen LogP contribution >= 0.6 is 12.2 Å². The van der Waals surface area contributed by atoms with Gasteiger partial charge in [0.15, 0.2) is 5.11 Å². The van der Waals surface area contributed by atoms with E-state index >= 15 is 0 Å². The molecule has 0 saturated carbocycles. The van der Waals surface area contributed by atoms with Gasteiger partial charge in [-0.3, -0.25) is 19.8 Å². The van der Waals surface area contributed by atoms with Crippen molar-refractivity contribution in [2.75, 3.05) is 13.7 Å². The lowest BCUT2D eigenvalue weighted by Crippen LogP contribution is -2.53. The van der Waals surface area contributed by atoms with Crippen LogP contribution in [-0.4, -0.2) is 46.0 Å². The molecule has 2 aromatic rings. The number of esters is 1. The van der Waals surface area contributed by atoms with E-state index in [0.29, 0.717) is 11.1 Å². The van der Waals surface area contributed by atoms with Gasteiger partial charge in [-0.05, 0) is 68.4 Å². The van der Waals surface area contributed by atoms with Crippen LogP contribution in [0.25, 0.3) is 11.8 Å². The number of methoxy groups -OCH3 is 1. The lowest BCUT2D eigenvalue weighted by molar-refractivity contribution is -0.128. The second-order valence-corrected chi connectivity index (χ2v) is 7.51. The molecule has 0 unspecified atom stereocenters. The normalized spacial score (nSPS) is 15.3. The van der Waals surface area contributed by atoms with Gasteiger partial charge in [0, 0.05) is 23.6 Å². The number of aryl methyl sites for hydroxylation is 1. The summed E-state index contributed by atoms with van der Waals surface area (Å²) in [4.78, 5) is 38.7. The van der Waals surface area contributed by atoms with Crippen LogP contribution in [0.15, 0.2) is 42.5 Å². The Hall–Kier alpha value is -3.52. The van der Waals surface area contributed by atoms with Crippen LogP contribution in [0.3, 0.4) is 0 Å². The molecule has 2 heterocycles. The van der Waals surface area contributed by atoms with Crippen LogP contribution in [0.4, 0.5) is 0 Å². The molecule has 1 aliphatic rings. The van der Waals surface area contributed by atoms with Crippen molar-refractivity contribution in [3.8, 4) is 5.69 Å². The molecule has 0 radical (unpaired) electrons. The third kappa shape index (κ3) is 3.94. The Kier molecular flexibility index (Phi) is 6.21. The van der Waals surface area contributed by atoms with Crippen molar-refractivity contribution >= 4 is 41.2 Å². The first-order valence-corrected chi connectivity index (χ1v) is 9.99. The first-order chi connectivity index (χ1) is 14.7. The minimum absolute atomic E-state index is 0.00395. The molecule has 8 heteroatoms. The maximum atomic E-state index is 12.8. The third-order valence-corrected chi connectivity index (χ3v) is 5.54. The Morgan fingerprint density at radius 3 is 2.61 bits per heavy atom. The summed E-state index contributed by atoms with van der Waals surface area (Å²) in [6, 6.07) is 7.29. The van der Waals surface area contributed by atoms with Gasteiger partial charge in [-0.15, -0.1) is 6.58 Å². The van der Waals surface area contributed by atoms with Crippen LogP contribution in [0, 0.1) is 20.8 Å². The van der Waals surface area contributed by atoms with Crippen LogP contribution < -0.4 is 5.32 Å². The van der Waals surface area contributed by atoms with Crippen molar-refractivity contribution in [1.29, 1.82) is 0 Å². The molecule has 1 fully saturated rings. The number of rotatable bonds is 5. The van der Waals surface area contributed by atoms with Gasteiger partial charge >= 0.3 is 5.97 Å². The van der Waals surface area contributed by atoms with Crippen molar-refractivity contribution in [2.24, 2.45) is 0 Å². The predicted molar refractivity (Wildman–Crippen MR) is 122 cm³/mol. The molecule has 7 nitrogen and oxygen atoms in total.